The zero-order chi connectivity index (χ0) is 25.6. The van der Waals surface area contributed by atoms with Gasteiger partial charge in [-0.1, -0.05) is 45.4 Å². The first kappa shape index (κ1) is 28.7. The number of alkyl halides is 3. The second kappa shape index (κ2) is 11.2. The van der Waals surface area contributed by atoms with Crippen molar-refractivity contribution in [1.29, 1.82) is 0 Å². The first-order chi connectivity index (χ1) is 15.3. The number of rotatable bonds is 3. The summed E-state index contributed by atoms with van der Waals surface area (Å²) in [6.07, 6.45) is -4.48. The molecule has 1 aliphatic heterocycles. The van der Waals surface area contributed by atoms with E-state index >= 15 is 0 Å². The highest BCUT2D eigenvalue weighted by atomic mass is 19.4. The molecule has 0 bridgehead atoms. The second-order valence-electron chi connectivity index (χ2n) is 8.19. The molecule has 1 heterocycles. The van der Waals surface area contributed by atoms with Gasteiger partial charge in [0.1, 0.15) is 0 Å². The number of halogens is 3. The van der Waals surface area contributed by atoms with Gasteiger partial charge < -0.3 is 14.6 Å². The minimum absolute atomic E-state index is 0.0718. The summed E-state index contributed by atoms with van der Waals surface area (Å²) in [7, 11) is -0.638. The van der Waals surface area contributed by atoms with Crippen LogP contribution < -0.4 is 10.8 Å². The van der Waals surface area contributed by atoms with E-state index in [1.165, 1.54) is 12.1 Å². The van der Waals surface area contributed by atoms with Gasteiger partial charge >= 0.3 is 13.3 Å². The van der Waals surface area contributed by atoms with E-state index in [1.54, 1.807) is 18.2 Å². The lowest BCUT2D eigenvalue weighted by Crippen LogP contribution is -2.41. The van der Waals surface area contributed by atoms with E-state index < -0.39 is 36.0 Å². The summed E-state index contributed by atoms with van der Waals surface area (Å²) in [5, 5.41) is 2.52. The molecule has 1 fully saturated rings. The van der Waals surface area contributed by atoms with Gasteiger partial charge in [0.25, 0.3) is 5.91 Å². The van der Waals surface area contributed by atoms with E-state index in [0.29, 0.717) is 11.0 Å². The molecule has 1 N–H and O–H groups in total. The molecule has 1 aliphatic rings. The number of carbonyl (C=O) groups is 1. The van der Waals surface area contributed by atoms with Crippen molar-refractivity contribution >= 4 is 24.2 Å². The summed E-state index contributed by atoms with van der Waals surface area (Å²) in [4.78, 5) is 12.6. The number of aryl methyl sites for hydroxylation is 1. The fourth-order valence-electron chi connectivity index (χ4n) is 2.98. The Kier molecular flexibility index (Phi) is 9.75. The van der Waals surface area contributed by atoms with Crippen LogP contribution in [0.3, 0.4) is 0 Å². The minimum atomic E-state index is -4.48. The zero-order valence-corrected chi connectivity index (χ0v) is 21.0. The number of amides is 1. The van der Waals surface area contributed by atoms with Crippen LogP contribution in [0.2, 0.25) is 0 Å². The highest BCUT2D eigenvalue weighted by molar-refractivity contribution is 6.62. The maximum Gasteiger partial charge on any atom is 0.495 e. The summed E-state index contributed by atoms with van der Waals surface area (Å²) >= 11 is 0. The Morgan fingerprint density at radius 1 is 0.909 bits per heavy atom. The topological polar surface area (TPSA) is 47.6 Å². The molecule has 182 valence electrons. The van der Waals surface area contributed by atoms with Crippen LogP contribution in [-0.4, -0.2) is 24.2 Å². The van der Waals surface area contributed by atoms with Gasteiger partial charge in [0.05, 0.1) is 16.8 Å². The Morgan fingerprint density at radius 2 is 1.45 bits per heavy atom. The maximum atomic E-state index is 12.9. The van der Waals surface area contributed by atoms with Gasteiger partial charge in [0.2, 0.25) is 0 Å². The van der Waals surface area contributed by atoms with E-state index in [0.717, 1.165) is 17.7 Å². The smallest absolute Gasteiger partial charge is 0.399 e. The summed E-state index contributed by atoms with van der Waals surface area (Å²) in [6.45, 7) is 17.6. The fourth-order valence-corrected chi connectivity index (χ4v) is 2.98. The van der Waals surface area contributed by atoms with Crippen molar-refractivity contribution in [3.8, 4) is 0 Å². The summed E-state index contributed by atoms with van der Waals surface area (Å²) < 4.78 is 50.8. The number of anilines is 1. The van der Waals surface area contributed by atoms with Crippen molar-refractivity contribution < 1.29 is 27.3 Å². The average Bonchev–Trinajstić information content (AvgIpc) is 2.97. The monoisotopic (exact) mass is 465 g/mol. The van der Waals surface area contributed by atoms with Crippen molar-refractivity contribution in [3.63, 3.8) is 0 Å². The lowest BCUT2D eigenvalue weighted by Gasteiger charge is -2.32. The molecule has 1 saturated heterocycles. The molecule has 1 amide bonds. The largest absolute Gasteiger partial charge is 0.495 e. The van der Waals surface area contributed by atoms with Gasteiger partial charge in [-0.25, -0.2) is 0 Å². The Morgan fingerprint density at radius 3 is 1.97 bits per heavy atom. The van der Waals surface area contributed by atoms with Crippen LogP contribution in [0.5, 0.6) is 0 Å². The molecule has 0 atom stereocenters. The molecule has 3 rings (SSSR count). The molecule has 0 spiro atoms. The van der Waals surface area contributed by atoms with Crippen LogP contribution in [0.1, 0.15) is 76.9 Å². The Balaban J connectivity index is 0.00000129. The Labute approximate surface area is 196 Å². The fraction of sp³-hybridized carbons (Fsp3) is 0.480. The molecular weight excluding hydrogens is 430 g/mol. The van der Waals surface area contributed by atoms with Crippen LogP contribution >= 0.6 is 0 Å². The summed E-state index contributed by atoms with van der Waals surface area (Å²) in [5.41, 5.74) is 0.0951. The third-order valence-electron chi connectivity index (χ3n) is 5.50. The van der Waals surface area contributed by atoms with E-state index in [9.17, 15) is 18.0 Å². The third-order valence-corrected chi connectivity index (χ3v) is 5.50. The second-order valence-corrected chi connectivity index (χ2v) is 8.19. The van der Waals surface area contributed by atoms with Gasteiger partial charge in [-0.05, 0) is 70.4 Å². The summed E-state index contributed by atoms with van der Waals surface area (Å²) in [6, 6.07) is 9.56. The first-order valence-corrected chi connectivity index (χ1v) is 11.2. The number of hydrogen-bond acceptors (Lipinski definition) is 3. The van der Waals surface area contributed by atoms with Crippen LogP contribution in [0.15, 0.2) is 42.5 Å². The van der Waals surface area contributed by atoms with Crippen molar-refractivity contribution in [1.82, 2.24) is 0 Å². The standard InChI is InChI=1S/C21H23BF3NO3.2C2H6/c1-13-9-10-14(11-17(13)22-28-19(2,3)20(4,5)29-22)18(27)26-16-8-6-7-15(12-16)21(23,24)25;2*1-2/h6-12H,1-5H3,(H,26,27);2*1-2H3. The molecule has 33 heavy (non-hydrogen) atoms. The van der Waals surface area contributed by atoms with Crippen LogP contribution in [0, 0.1) is 6.92 Å². The molecule has 0 aliphatic carbocycles. The number of carbonyl (C=O) groups excluding carboxylic acids is 1. The Bertz CT molecular complexity index is 927. The van der Waals surface area contributed by atoms with Gasteiger partial charge in [-0.15, -0.1) is 0 Å². The summed E-state index contributed by atoms with van der Waals surface area (Å²) in [5.74, 6) is -0.512. The van der Waals surface area contributed by atoms with E-state index in [1.807, 2.05) is 62.3 Å². The maximum absolute atomic E-state index is 12.9. The minimum Gasteiger partial charge on any atom is -0.399 e. The number of nitrogens with one attached hydrogen (secondary N) is 1. The molecule has 2 aromatic carbocycles. The van der Waals surface area contributed by atoms with Crippen LogP contribution in [-0.2, 0) is 15.5 Å². The highest BCUT2D eigenvalue weighted by Crippen LogP contribution is 2.36. The van der Waals surface area contributed by atoms with Crippen LogP contribution in [0.25, 0.3) is 0 Å². The predicted octanol–water partition coefficient (Wildman–Crippen LogP) is 6.62. The predicted molar refractivity (Wildman–Crippen MR) is 129 cm³/mol. The lowest BCUT2D eigenvalue weighted by molar-refractivity contribution is -0.137. The number of hydrogen-bond donors (Lipinski definition) is 1. The molecule has 0 radical (unpaired) electrons. The molecule has 0 aromatic heterocycles. The van der Waals surface area contributed by atoms with Gasteiger partial charge in [0.15, 0.2) is 0 Å². The lowest BCUT2D eigenvalue weighted by atomic mass is 9.75. The number of benzene rings is 2. The van der Waals surface area contributed by atoms with Crippen molar-refractivity contribution in [2.45, 2.75) is 79.7 Å². The van der Waals surface area contributed by atoms with E-state index in [-0.39, 0.29) is 5.69 Å². The van der Waals surface area contributed by atoms with E-state index in [2.05, 4.69) is 5.32 Å². The Hall–Kier alpha value is -2.32. The molecule has 0 unspecified atom stereocenters. The third kappa shape index (κ3) is 6.84. The van der Waals surface area contributed by atoms with E-state index in [4.69, 9.17) is 9.31 Å². The van der Waals surface area contributed by atoms with Gasteiger partial charge in [-0.3, -0.25) is 4.79 Å². The average molecular weight is 465 g/mol. The molecule has 8 heteroatoms. The first-order valence-electron chi connectivity index (χ1n) is 11.2. The van der Waals surface area contributed by atoms with Crippen molar-refractivity contribution in [2.75, 3.05) is 5.32 Å². The molecular formula is C25H35BF3NO3. The van der Waals surface area contributed by atoms with Crippen LogP contribution in [0.4, 0.5) is 18.9 Å². The van der Waals surface area contributed by atoms with Gasteiger partial charge in [0, 0.05) is 11.3 Å². The van der Waals surface area contributed by atoms with Gasteiger partial charge in [-0.2, -0.15) is 13.2 Å². The van der Waals surface area contributed by atoms with Crippen molar-refractivity contribution in [2.24, 2.45) is 0 Å². The highest BCUT2D eigenvalue weighted by Gasteiger charge is 2.52. The molecule has 4 nitrogen and oxygen atoms in total. The molecule has 2 aromatic rings. The molecule has 0 saturated carbocycles. The van der Waals surface area contributed by atoms with Crippen molar-refractivity contribution in [3.05, 3.63) is 59.2 Å². The SMILES string of the molecule is CC.CC.Cc1ccc(C(=O)Nc2cccc(C(F)(F)F)c2)cc1B1OC(C)(C)C(C)(C)O1. The normalized spacial score (nSPS) is 16.2. The quantitative estimate of drug-likeness (QED) is 0.519. The zero-order valence-electron chi connectivity index (χ0n) is 21.0.